The summed E-state index contributed by atoms with van der Waals surface area (Å²) in [7, 11) is 0. The molecule has 0 spiro atoms. The van der Waals surface area contributed by atoms with Crippen LogP contribution in [0.2, 0.25) is 0 Å². The number of aryl methyl sites for hydroxylation is 1. The number of carbonyl (C=O) groups is 2. The molecule has 2 amide bonds. The van der Waals surface area contributed by atoms with Crippen molar-refractivity contribution in [3.63, 3.8) is 0 Å². The Balaban J connectivity index is 1.53. The molecule has 0 bridgehead atoms. The standard InChI is InChI=1S/C26H24N2O5/c1-3-31-19-14-12-18(13-15-19)27-26(30)25-24(20-9-5-7-11-22(20)33-25)28-23(29)16-32-21-10-6-4-8-17(21)2/h4-15H,3,16H2,1-2H3,(H,27,30)(H,28,29). The second kappa shape index (κ2) is 9.91. The fourth-order valence-corrected chi connectivity index (χ4v) is 3.36. The van der Waals surface area contributed by atoms with Gasteiger partial charge in [0.25, 0.3) is 11.8 Å². The number of ether oxygens (including phenoxy) is 2. The maximum Gasteiger partial charge on any atom is 0.293 e. The number of rotatable bonds is 8. The summed E-state index contributed by atoms with van der Waals surface area (Å²) in [6, 6.07) is 21.6. The third-order valence-electron chi connectivity index (χ3n) is 4.94. The number of furan rings is 1. The molecule has 33 heavy (non-hydrogen) atoms. The molecule has 4 aromatic rings. The third-order valence-corrected chi connectivity index (χ3v) is 4.94. The highest BCUT2D eigenvalue weighted by atomic mass is 16.5. The van der Waals surface area contributed by atoms with E-state index in [0.29, 0.717) is 40.4 Å². The first-order valence-electron chi connectivity index (χ1n) is 10.6. The van der Waals surface area contributed by atoms with Crippen molar-refractivity contribution in [3.8, 4) is 11.5 Å². The molecule has 7 nitrogen and oxygen atoms in total. The summed E-state index contributed by atoms with van der Waals surface area (Å²) in [4.78, 5) is 25.6. The van der Waals surface area contributed by atoms with Crippen LogP contribution in [0, 0.1) is 6.92 Å². The van der Waals surface area contributed by atoms with Crippen LogP contribution in [0.5, 0.6) is 11.5 Å². The molecule has 0 unspecified atom stereocenters. The zero-order valence-electron chi connectivity index (χ0n) is 18.4. The molecule has 168 valence electrons. The molecule has 0 saturated carbocycles. The van der Waals surface area contributed by atoms with E-state index < -0.39 is 11.8 Å². The highest BCUT2D eigenvalue weighted by Gasteiger charge is 2.22. The lowest BCUT2D eigenvalue weighted by atomic mass is 10.2. The summed E-state index contributed by atoms with van der Waals surface area (Å²) >= 11 is 0. The molecule has 0 radical (unpaired) electrons. The SMILES string of the molecule is CCOc1ccc(NC(=O)c2oc3ccccc3c2NC(=O)COc2ccccc2C)cc1. The van der Waals surface area contributed by atoms with Gasteiger partial charge in [-0.3, -0.25) is 9.59 Å². The Morgan fingerprint density at radius 1 is 0.879 bits per heavy atom. The number of anilines is 2. The van der Waals surface area contributed by atoms with Crippen molar-refractivity contribution in [3.05, 3.63) is 84.1 Å². The van der Waals surface area contributed by atoms with Crippen LogP contribution < -0.4 is 20.1 Å². The average molecular weight is 444 g/mol. The molecule has 2 N–H and O–H groups in total. The van der Waals surface area contributed by atoms with Crippen molar-refractivity contribution in [1.29, 1.82) is 0 Å². The fraction of sp³-hybridized carbons (Fsp3) is 0.154. The van der Waals surface area contributed by atoms with Crippen LogP contribution in [0.1, 0.15) is 23.0 Å². The van der Waals surface area contributed by atoms with Crippen LogP contribution in [-0.2, 0) is 4.79 Å². The van der Waals surface area contributed by atoms with Gasteiger partial charge in [0.15, 0.2) is 6.61 Å². The minimum atomic E-state index is -0.481. The first-order chi connectivity index (χ1) is 16.0. The second-order valence-corrected chi connectivity index (χ2v) is 7.32. The lowest BCUT2D eigenvalue weighted by Crippen LogP contribution is -2.22. The Kier molecular flexibility index (Phi) is 6.59. The lowest BCUT2D eigenvalue weighted by molar-refractivity contribution is -0.118. The highest BCUT2D eigenvalue weighted by molar-refractivity contribution is 6.14. The average Bonchev–Trinajstić information content (AvgIpc) is 3.18. The van der Waals surface area contributed by atoms with Gasteiger partial charge in [-0.2, -0.15) is 0 Å². The highest BCUT2D eigenvalue weighted by Crippen LogP contribution is 2.31. The Hall–Kier alpha value is -4.26. The van der Waals surface area contributed by atoms with Crippen molar-refractivity contribution in [2.45, 2.75) is 13.8 Å². The smallest absolute Gasteiger partial charge is 0.293 e. The molecule has 0 saturated heterocycles. The van der Waals surface area contributed by atoms with Gasteiger partial charge < -0.3 is 24.5 Å². The van der Waals surface area contributed by atoms with E-state index >= 15 is 0 Å². The van der Waals surface area contributed by atoms with E-state index in [0.717, 1.165) is 5.56 Å². The van der Waals surface area contributed by atoms with Crippen molar-refractivity contribution in [2.75, 3.05) is 23.8 Å². The van der Waals surface area contributed by atoms with E-state index in [1.54, 1.807) is 48.5 Å². The summed E-state index contributed by atoms with van der Waals surface area (Å²) in [5.74, 6) is 0.457. The number of para-hydroxylation sites is 2. The monoisotopic (exact) mass is 444 g/mol. The van der Waals surface area contributed by atoms with Crippen molar-refractivity contribution in [2.24, 2.45) is 0 Å². The molecule has 7 heteroatoms. The Morgan fingerprint density at radius 3 is 2.36 bits per heavy atom. The van der Waals surface area contributed by atoms with Crippen LogP contribution >= 0.6 is 0 Å². The van der Waals surface area contributed by atoms with Crippen LogP contribution in [0.25, 0.3) is 11.0 Å². The second-order valence-electron chi connectivity index (χ2n) is 7.32. The van der Waals surface area contributed by atoms with Crippen LogP contribution in [0.4, 0.5) is 11.4 Å². The van der Waals surface area contributed by atoms with Gasteiger partial charge in [0.2, 0.25) is 5.76 Å². The molecule has 0 aliphatic rings. The Morgan fingerprint density at radius 2 is 1.61 bits per heavy atom. The number of fused-ring (bicyclic) bond motifs is 1. The molecule has 0 atom stereocenters. The predicted molar refractivity (Wildman–Crippen MR) is 127 cm³/mol. The molecular weight excluding hydrogens is 420 g/mol. The zero-order valence-corrected chi connectivity index (χ0v) is 18.4. The number of benzene rings is 3. The van der Waals surface area contributed by atoms with Crippen LogP contribution in [-0.4, -0.2) is 25.0 Å². The molecule has 0 fully saturated rings. The zero-order chi connectivity index (χ0) is 23.2. The van der Waals surface area contributed by atoms with Gasteiger partial charge in [-0.1, -0.05) is 30.3 Å². The maximum atomic E-state index is 13.0. The van der Waals surface area contributed by atoms with Crippen LogP contribution in [0.3, 0.4) is 0 Å². The minimum absolute atomic E-state index is 0.00864. The van der Waals surface area contributed by atoms with Gasteiger partial charge in [0.1, 0.15) is 22.8 Å². The van der Waals surface area contributed by atoms with Gasteiger partial charge in [-0.15, -0.1) is 0 Å². The topological polar surface area (TPSA) is 89.8 Å². The van der Waals surface area contributed by atoms with E-state index in [9.17, 15) is 9.59 Å². The fourth-order valence-electron chi connectivity index (χ4n) is 3.36. The molecule has 0 aliphatic carbocycles. The summed E-state index contributed by atoms with van der Waals surface area (Å²) in [5, 5.41) is 6.20. The van der Waals surface area contributed by atoms with Gasteiger partial charge in [-0.05, 0) is 61.9 Å². The molecule has 3 aromatic carbocycles. The molecular formula is C26H24N2O5. The van der Waals surface area contributed by atoms with E-state index in [1.165, 1.54) is 0 Å². The number of hydrogen-bond acceptors (Lipinski definition) is 5. The van der Waals surface area contributed by atoms with E-state index in [4.69, 9.17) is 13.9 Å². The van der Waals surface area contributed by atoms with Gasteiger partial charge >= 0.3 is 0 Å². The quantitative estimate of drug-likeness (QED) is 0.379. The van der Waals surface area contributed by atoms with E-state index in [2.05, 4.69) is 10.6 Å². The summed E-state index contributed by atoms with van der Waals surface area (Å²) in [5.41, 5.74) is 2.29. The van der Waals surface area contributed by atoms with Gasteiger partial charge in [0, 0.05) is 11.1 Å². The van der Waals surface area contributed by atoms with E-state index in [1.807, 2.05) is 38.1 Å². The third kappa shape index (κ3) is 5.15. The Labute approximate surface area is 191 Å². The summed E-state index contributed by atoms with van der Waals surface area (Å²) in [6.07, 6.45) is 0. The van der Waals surface area contributed by atoms with Crippen molar-refractivity contribution < 1.29 is 23.5 Å². The first-order valence-corrected chi connectivity index (χ1v) is 10.6. The summed E-state index contributed by atoms with van der Waals surface area (Å²) in [6.45, 7) is 4.16. The van der Waals surface area contributed by atoms with Gasteiger partial charge in [0.05, 0.1) is 6.61 Å². The Bertz CT molecular complexity index is 1280. The van der Waals surface area contributed by atoms with Gasteiger partial charge in [-0.25, -0.2) is 0 Å². The first kappa shape index (κ1) is 22.0. The van der Waals surface area contributed by atoms with Crippen LogP contribution in [0.15, 0.2) is 77.2 Å². The van der Waals surface area contributed by atoms with Crippen molar-refractivity contribution in [1.82, 2.24) is 0 Å². The largest absolute Gasteiger partial charge is 0.494 e. The molecule has 0 aliphatic heterocycles. The minimum Gasteiger partial charge on any atom is -0.494 e. The van der Waals surface area contributed by atoms with E-state index in [-0.39, 0.29) is 12.4 Å². The van der Waals surface area contributed by atoms with Crippen molar-refractivity contribution >= 4 is 34.2 Å². The normalized spacial score (nSPS) is 10.6. The lowest BCUT2D eigenvalue weighted by Gasteiger charge is -2.10. The molecule has 4 rings (SSSR count). The number of amides is 2. The molecule has 1 aromatic heterocycles. The number of hydrogen-bond donors (Lipinski definition) is 2. The summed E-state index contributed by atoms with van der Waals surface area (Å²) < 4.78 is 16.8. The maximum absolute atomic E-state index is 13.0. The number of nitrogens with one attached hydrogen (secondary N) is 2. The molecule has 1 heterocycles. The number of carbonyl (C=O) groups excluding carboxylic acids is 2. The predicted octanol–water partition coefficient (Wildman–Crippen LogP) is 5.41.